The molecule has 0 fully saturated rings. The van der Waals surface area contributed by atoms with E-state index in [0.717, 1.165) is 5.56 Å². The minimum absolute atomic E-state index is 0.309. The number of hydrogen-bond acceptors (Lipinski definition) is 3. The van der Waals surface area contributed by atoms with Gasteiger partial charge in [-0.05, 0) is 30.2 Å². The summed E-state index contributed by atoms with van der Waals surface area (Å²) in [5.41, 5.74) is -0.204. The first-order valence-electron chi connectivity index (χ1n) is 3.32. The molecule has 0 aliphatic heterocycles. The normalized spacial score (nSPS) is 12.5. The van der Waals surface area contributed by atoms with Crippen LogP contribution in [-0.2, 0) is 0 Å². The summed E-state index contributed by atoms with van der Waals surface area (Å²) in [4.78, 5) is 13.5. The van der Waals surface area contributed by atoms with E-state index in [4.69, 9.17) is 11.6 Å². The Bertz CT molecular complexity index is 303. The topological polar surface area (TPSA) is 56.0 Å². The molecule has 1 atom stereocenters. The maximum atomic E-state index is 10.3. The fraction of sp³-hybridized carbons (Fsp3) is 0.286. The number of pyridine rings is 1. The molecule has 1 rings (SSSR count). The van der Waals surface area contributed by atoms with E-state index in [1.807, 2.05) is 0 Å². The second kappa shape index (κ2) is 3.49. The van der Waals surface area contributed by atoms with E-state index in [9.17, 15) is 10.1 Å². The zero-order valence-electron chi connectivity index (χ0n) is 6.40. The maximum absolute atomic E-state index is 10.3. The molecule has 1 unspecified atom stereocenters. The first-order chi connectivity index (χ1) is 5.63. The molecular formula is C7H7ClN2O2. The third kappa shape index (κ3) is 1.71. The molecule has 4 nitrogen and oxygen atoms in total. The Morgan fingerprint density at radius 3 is 2.92 bits per heavy atom. The van der Waals surface area contributed by atoms with Crippen LogP contribution in [0.4, 0.5) is 0 Å². The minimum Gasteiger partial charge on any atom is -0.263 e. The molecule has 5 heteroatoms. The number of alkyl halides is 1. The van der Waals surface area contributed by atoms with Gasteiger partial charge in [0.2, 0.25) is 0 Å². The third-order valence-electron chi connectivity index (χ3n) is 1.46. The quantitative estimate of drug-likeness (QED) is 0.307. The number of nitrogens with zero attached hydrogens (tertiary/aromatic N) is 2. The van der Waals surface area contributed by atoms with E-state index in [-0.39, 0.29) is 0 Å². The predicted molar refractivity (Wildman–Crippen MR) is 44.6 cm³/mol. The highest BCUT2D eigenvalue weighted by Crippen LogP contribution is 2.20. The van der Waals surface area contributed by atoms with E-state index in [1.54, 1.807) is 19.1 Å². The summed E-state index contributed by atoms with van der Waals surface area (Å²) in [6, 6.07) is 3.45. The van der Waals surface area contributed by atoms with Crippen LogP contribution in [0.3, 0.4) is 0 Å². The fourth-order valence-electron chi connectivity index (χ4n) is 0.847. The molecule has 1 aromatic rings. The summed E-state index contributed by atoms with van der Waals surface area (Å²) < 4.78 is 0. The Morgan fingerprint density at radius 2 is 2.42 bits per heavy atom. The van der Waals surface area contributed by atoms with Crippen molar-refractivity contribution in [2.75, 3.05) is 0 Å². The van der Waals surface area contributed by atoms with Gasteiger partial charge in [-0.15, -0.1) is 0 Å². The highest BCUT2D eigenvalue weighted by Gasteiger charge is 2.21. The van der Waals surface area contributed by atoms with Crippen molar-refractivity contribution in [2.24, 2.45) is 0 Å². The Hall–Kier alpha value is -1.16. The summed E-state index contributed by atoms with van der Waals surface area (Å²) in [7, 11) is 0. The Balaban J connectivity index is 3.02. The lowest BCUT2D eigenvalue weighted by Gasteiger charge is -2.02. The van der Waals surface area contributed by atoms with E-state index < -0.39 is 10.4 Å². The SMILES string of the molecule is Cc1cccnc1C(Cl)[N+](=O)[O-]. The van der Waals surface area contributed by atoms with Gasteiger partial charge in [-0.2, -0.15) is 0 Å². The van der Waals surface area contributed by atoms with Crippen LogP contribution in [0, 0.1) is 17.0 Å². The highest BCUT2D eigenvalue weighted by atomic mass is 35.5. The molecule has 0 aliphatic carbocycles. The first-order valence-corrected chi connectivity index (χ1v) is 3.75. The van der Waals surface area contributed by atoms with Gasteiger partial charge in [0, 0.05) is 11.1 Å². The molecule has 0 aromatic carbocycles. The smallest absolute Gasteiger partial charge is 0.263 e. The Labute approximate surface area is 74.3 Å². The molecular weight excluding hydrogens is 180 g/mol. The van der Waals surface area contributed by atoms with E-state index in [1.165, 1.54) is 6.20 Å². The zero-order chi connectivity index (χ0) is 9.14. The molecule has 0 saturated heterocycles. The van der Waals surface area contributed by atoms with Gasteiger partial charge in [0.05, 0.1) is 0 Å². The third-order valence-corrected chi connectivity index (χ3v) is 1.83. The van der Waals surface area contributed by atoms with Crippen LogP contribution < -0.4 is 0 Å². The van der Waals surface area contributed by atoms with Crippen LogP contribution in [0.5, 0.6) is 0 Å². The van der Waals surface area contributed by atoms with Crippen LogP contribution in [-0.4, -0.2) is 9.91 Å². The summed E-state index contributed by atoms with van der Waals surface area (Å²) >= 11 is 5.48. The molecule has 1 aromatic heterocycles. The largest absolute Gasteiger partial charge is 0.328 e. The number of aromatic nitrogens is 1. The van der Waals surface area contributed by atoms with E-state index in [0.29, 0.717) is 5.69 Å². The van der Waals surface area contributed by atoms with Crippen LogP contribution >= 0.6 is 11.6 Å². The van der Waals surface area contributed by atoms with Gasteiger partial charge in [-0.25, -0.2) is 0 Å². The van der Waals surface area contributed by atoms with Crippen molar-refractivity contribution in [3.8, 4) is 0 Å². The lowest BCUT2D eigenvalue weighted by molar-refractivity contribution is -0.504. The van der Waals surface area contributed by atoms with Gasteiger partial charge in [0.1, 0.15) is 5.69 Å². The van der Waals surface area contributed by atoms with Gasteiger partial charge in [-0.3, -0.25) is 15.1 Å². The zero-order valence-corrected chi connectivity index (χ0v) is 7.15. The first kappa shape index (κ1) is 8.93. The number of hydrogen-bond donors (Lipinski definition) is 0. The van der Waals surface area contributed by atoms with Crippen molar-refractivity contribution in [3.63, 3.8) is 0 Å². The van der Waals surface area contributed by atoms with Crippen LogP contribution in [0.1, 0.15) is 16.8 Å². The summed E-state index contributed by atoms with van der Waals surface area (Å²) in [6.45, 7) is 1.74. The van der Waals surface area contributed by atoms with Gasteiger partial charge in [0.25, 0.3) is 0 Å². The van der Waals surface area contributed by atoms with E-state index >= 15 is 0 Å². The van der Waals surface area contributed by atoms with Crippen molar-refractivity contribution < 1.29 is 4.92 Å². The summed E-state index contributed by atoms with van der Waals surface area (Å²) in [6.07, 6.45) is 1.49. The number of nitro groups is 1. The highest BCUT2D eigenvalue weighted by molar-refractivity contribution is 6.19. The lowest BCUT2D eigenvalue weighted by Crippen LogP contribution is -2.06. The molecule has 0 amide bonds. The fourth-order valence-corrected chi connectivity index (χ4v) is 1.08. The minimum atomic E-state index is -1.24. The Morgan fingerprint density at radius 1 is 1.75 bits per heavy atom. The molecule has 0 N–H and O–H groups in total. The van der Waals surface area contributed by atoms with Gasteiger partial charge in [-0.1, -0.05) is 6.07 Å². The van der Waals surface area contributed by atoms with Gasteiger partial charge in [0.15, 0.2) is 0 Å². The molecule has 0 bridgehead atoms. The van der Waals surface area contributed by atoms with Crippen molar-refractivity contribution in [1.29, 1.82) is 0 Å². The second-order valence-electron chi connectivity index (χ2n) is 2.33. The molecule has 0 aliphatic rings. The van der Waals surface area contributed by atoms with E-state index in [2.05, 4.69) is 4.98 Å². The van der Waals surface area contributed by atoms with Crippen molar-refractivity contribution in [2.45, 2.75) is 12.4 Å². The van der Waals surface area contributed by atoms with Gasteiger partial charge < -0.3 is 0 Å². The number of halogens is 1. The number of aryl methyl sites for hydroxylation is 1. The average Bonchev–Trinajstić information content (AvgIpc) is 2.04. The summed E-state index contributed by atoms with van der Waals surface area (Å²) in [5, 5.41) is 10.3. The molecule has 0 radical (unpaired) electrons. The van der Waals surface area contributed by atoms with Crippen molar-refractivity contribution >= 4 is 11.6 Å². The van der Waals surface area contributed by atoms with Crippen molar-refractivity contribution in [1.82, 2.24) is 4.98 Å². The molecule has 0 spiro atoms. The summed E-state index contributed by atoms with van der Waals surface area (Å²) in [5.74, 6) is 0. The predicted octanol–water partition coefficient (Wildman–Crippen LogP) is 1.90. The maximum Gasteiger partial charge on any atom is 0.328 e. The lowest BCUT2D eigenvalue weighted by atomic mass is 10.2. The standard InChI is InChI=1S/C7H7ClN2O2/c1-5-3-2-4-9-6(5)7(8)10(11)12/h2-4,7H,1H3. The molecule has 12 heavy (non-hydrogen) atoms. The molecule has 1 heterocycles. The molecule has 0 saturated carbocycles. The van der Waals surface area contributed by atoms with Crippen LogP contribution in [0.15, 0.2) is 18.3 Å². The Kier molecular flexibility index (Phi) is 2.60. The number of rotatable bonds is 2. The van der Waals surface area contributed by atoms with Crippen LogP contribution in [0.25, 0.3) is 0 Å². The van der Waals surface area contributed by atoms with Crippen molar-refractivity contribution in [3.05, 3.63) is 39.7 Å². The monoisotopic (exact) mass is 186 g/mol. The average molecular weight is 187 g/mol. The second-order valence-corrected chi connectivity index (χ2v) is 2.74. The molecule has 64 valence electrons. The van der Waals surface area contributed by atoms with Crippen LogP contribution in [0.2, 0.25) is 0 Å². The van der Waals surface area contributed by atoms with Gasteiger partial charge >= 0.3 is 5.50 Å².